The zero-order valence-electron chi connectivity index (χ0n) is 9.49. The van der Waals surface area contributed by atoms with E-state index in [0.717, 1.165) is 24.4 Å². The molecule has 0 aromatic carbocycles. The second-order valence-electron chi connectivity index (χ2n) is 3.77. The Morgan fingerprint density at radius 2 is 2.38 bits per heavy atom. The van der Waals surface area contributed by atoms with Crippen LogP contribution >= 0.6 is 11.3 Å². The molecule has 2 N–H and O–H groups in total. The number of nitrogens with zero attached hydrogens (tertiary/aromatic N) is 1. The molecule has 0 bridgehead atoms. The highest BCUT2D eigenvalue weighted by atomic mass is 32.1. The van der Waals surface area contributed by atoms with Gasteiger partial charge in [-0.3, -0.25) is 0 Å². The molecule has 3 nitrogen and oxygen atoms in total. The first-order chi connectivity index (χ1) is 7.90. The minimum atomic E-state index is 1.07. The van der Waals surface area contributed by atoms with Crippen LogP contribution in [0.4, 0.5) is 0 Å². The molecule has 0 amide bonds. The largest absolute Gasteiger partial charge is 0.360 e. The van der Waals surface area contributed by atoms with Crippen molar-refractivity contribution >= 4 is 11.3 Å². The second kappa shape index (κ2) is 5.82. The highest BCUT2D eigenvalue weighted by Gasteiger charge is 2.04. The molecule has 0 spiro atoms. The van der Waals surface area contributed by atoms with E-state index < -0.39 is 0 Å². The average molecular weight is 235 g/mol. The quantitative estimate of drug-likeness (QED) is 0.756. The fraction of sp³-hybridized carbons (Fsp3) is 0.417. The molecule has 0 saturated carbocycles. The van der Waals surface area contributed by atoms with E-state index in [-0.39, 0.29) is 0 Å². The molecular formula is C12H17N3S. The van der Waals surface area contributed by atoms with Gasteiger partial charge in [0.25, 0.3) is 0 Å². The zero-order valence-corrected chi connectivity index (χ0v) is 10.3. The molecule has 2 aromatic rings. The summed E-state index contributed by atoms with van der Waals surface area (Å²) in [5, 5.41) is 6.52. The number of aryl methyl sites for hydroxylation is 1. The Hall–Kier alpha value is -1.13. The van der Waals surface area contributed by atoms with Crippen LogP contribution in [0.3, 0.4) is 0 Å². The van der Waals surface area contributed by atoms with E-state index in [2.05, 4.69) is 26.7 Å². The lowest BCUT2D eigenvalue weighted by Gasteiger charge is -1.97. The van der Waals surface area contributed by atoms with Gasteiger partial charge in [0.2, 0.25) is 0 Å². The van der Waals surface area contributed by atoms with Crippen LogP contribution in [0.2, 0.25) is 0 Å². The van der Waals surface area contributed by atoms with Crippen molar-refractivity contribution in [3.8, 4) is 11.4 Å². The lowest BCUT2D eigenvalue weighted by molar-refractivity contribution is 0.676. The maximum absolute atomic E-state index is 4.62. The van der Waals surface area contributed by atoms with Crippen molar-refractivity contribution in [3.63, 3.8) is 0 Å². The van der Waals surface area contributed by atoms with Crippen LogP contribution in [0.1, 0.15) is 17.8 Å². The van der Waals surface area contributed by atoms with Gasteiger partial charge in [-0.15, -0.1) is 11.3 Å². The third-order valence-corrected chi connectivity index (χ3v) is 3.40. The molecule has 0 fully saturated rings. The third kappa shape index (κ3) is 2.93. The fourth-order valence-corrected chi connectivity index (χ4v) is 2.46. The summed E-state index contributed by atoms with van der Waals surface area (Å²) < 4.78 is 0. The Labute approximate surface area is 99.9 Å². The van der Waals surface area contributed by atoms with E-state index in [1.54, 1.807) is 11.3 Å². The average Bonchev–Trinajstić information content (AvgIpc) is 2.94. The Morgan fingerprint density at radius 3 is 3.12 bits per heavy atom. The van der Waals surface area contributed by atoms with E-state index >= 15 is 0 Å². The van der Waals surface area contributed by atoms with Crippen molar-refractivity contribution in [2.24, 2.45) is 0 Å². The van der Waals surface area contributed by atoms with Crippen molar-refractivity contribution in [2.45, 2.75) is 19.3 Å². The number of hydrogen-bond acceptors (Lipinski definition) is 3. The van der Waals surface area contributed by atoms with Crippen molar-refractivity contribution in [1.82, 2.24) is 15.3 Å². The Bertz CT molecular complexity index is 406. The standard InChI is InChI=1S/C12H17N3S/c1-13-7-3-2-6-12-15-11(9-16-12)10-5-4-8-14-10/h4-5,8-9,13-14H,2-3,6-7H2,1H3. The Morgan fingerprint density at radius 1 is 1.44 bits per heavy atom. The van der Waals surface area contributed by atoms with Crippen LogP contribution in [0.15, 0.2) is 23.7 Å². The number of nitrogens with one attached hydrogen (secondary N) is 2. The number of thiazole rings is 1. The van der Waals surface area contributed by atoms with Gasteiger partial charge in [0.1, 0.15) is 0 Å². The molecule has 0 atom stereocenters. The molecule has 0 aliphatic rings. The number of unbranched alkanes of at least 4 members (excludes halogenated alkanes) is 1. The maximum atomic E-state index is 4.62. The summed E-state index contributed by atoms with van der Waals surface area (Å²) in [5.74, 6) is 0. The van der Waals surface area contributed by atoms with Crippen molar-refractivity contribution in [3.05, 3.63) is 28.7 Å². The zero-order chi connectivity index (χ0) is 11.2. The summed E-state index contributed by atoms with van der Waals surface area (Å²) in [6.45, 7) is 1.09. The molecule has 0 aliphatic heterocycles. The molecule has 2 rings (SSSR count). The summed E-state index contributed by atoms with van der Waals surface area (Å²) >= 11 is 1.75. The van der Waals surface area contributed by atoms with E-state index in [0.29, 0.717) is 0 Å². The molecule has 2 aromatic heterocycles. The lowest BCUT2D eigenvalue weighted by atomic mass is 10.2. The number of aromatic amines is 1. The van der Waals surface area contributed by atoms with Crippen LogP contribution in [0, 0.1) is 0 Å². The predicted molar refractivity (Wildman–Crippen MR) is 68.8 cm³/mol. The van der Waals surface area contributed by atoms with E-state index in [1.165, 1.54) is 17.8 Å². The molecular weight excluding hydrogens is 218 g/mol. The van der Waals surface area contributed by atoms with Crippen molar-refractivity contribution in [1.29, 1.82) is 0 Å². The molecule has 2 heterocycles. The summed E-state index contributed by atoms with van der Waals surface area (Å²) in [5.41, 5.74) is 2.18. The molecule has 0 radical (unpaired) electrons. The maximum Gasteiger partial charge on any atom is 0.0976 e. The minimum Gasteiger partial charge on any atom is -0.360 e. The first-order valence-corrected chi connectivity index (χ1v) is 6.51. The molecule has 4 heteroatoms. The predicted octanol–water partition coefficient (Wildman–Crippen LogP) is 2.68. The van der Waals surface area contributed by atoms with Crippen LogP contribution in [-0.2, 0) is 6.42 Å². The number of rotatable bonds is 6. The smallest absolute Gasteiger partial charge is 0.0976 e. The number of hydrogen-bond donors (Lipinski definition) is 2. The monoisotopic (exact) mass is 235 g/mol. The van der Waals surface area contributed by atoms with Crippen molar-refractivity contribution in [2.75, 3.05) is 13.6 Å². The van der Waals surface area contributed by atoms with Crippen molar-refractivity contribution < 1.29 is 0 Å². The number of H-pyrrole nitrogens is 1. The highest BCUT2D eigenvalue weighted by Crippen LogP contribution is 2.21. The fourth-order valence-electron chi connectivity index (χ4n) is 1.62. The van der Waals surface area contributed by atoms with Gasteiger partial charge < -0.3 is 10.3 Å². The molecule has 0 aliphatic carbocycles. The van der Waals surface area contributed by atoms with E-state index in [1.807, 2.05) is 19.3 Å². The highest BCUT2D eigenvalue weighted by molar-refractivity contribution is 7.09. The van der Waals surface area contributed by atoms with Gasteiger partial charge in [0.05, 0.1) is 16.4 Å². The number of aromatic nitrogens is 2. The molecule has 86 valence electrons. The first kappa shape index (κ1) is 11.4. The van der Waals surface area contributed by atoms with Gasteiger partial charge >= 0.3 is 0 Å². The SMILES string of the molecule is CNCCCCc1nc(-c2ccc[nH]2)cs1. The summed E-state index contributed by atoms with van der Waals surface area (Å²) in [6.07, 6.45) is 5.45. The van der Waals surface area contributed by atoms with Gasteiger partial charge in [-0.1, -0.05) is 0 Å². The normalized spacial score (nSPS) is 10.8. The molecule has 0 saturated heterocycles. The van der Waals surface area contributed by atoms with Gasteiger partial charge in [0.15, 0.2) is 0 Å². The Kier molecular flexibility index (Phi) is 4.13. The third-order valence-electron chi connectivity index (χ3n) is 2.49. The second-order valence-corrected chi connectivity index (χ2v) is 4.71. The molecule has 16 heavy (non-hydrogen) atoms. The van der Waals surface area contributed by atoms with Crippen LogP contribution < -0.4 is 5.32 Å². The van der Waals surface area contributed by atoms with Gasteiger partial charge in [-0.05, 0) is 45.0 Å². The summed E-state index contributed by atoms with van der Waals surface area (Å²) in [4.78, 5) is 7.79. The van der Waals surface area contributed by atoms with Crippen LogP contribution in [0.25, 0.3) is 11.4 Å². The van der Waals surface area contributed by atoms with Gasteiger partial charge in [0, 0.05) is 11.6 Å². The summed E-state index contributed by atoms with van der Waals surface area (Å²) in [7, 11) is 1.99. The van der Waals surface area contributed by atoms with Crippen LogP contribution in [0.5, 0.6) is 0 Å². The van der Waals surface area contributed by atoms with E-state index in [9.17, 15) is 0 Å². The van der Waals surface area contributed by atoms with Gasteiger partial charge in [-0.25, -0.2) is 4.98 Å². The topological polar surface area (TPSA) is 40.7 Å². The van der Waals surface area contributed by atoms with E-state index in [4.69, 9.17) is 0 Å². The Balaban J connectivity index is 1.88. The lowest BCUT2D eigenvalue weighted by Crippen LogP contribution is -2.07. The van der Waals surface area contributed by atoms with Crippen LogP contribution in [-0.4, -0.2) is 23.6 Å². The summed E-state index contributed by atoms with van der Waals surface area (Å²) in [6, 6.07) is 4.06. The minimum absolute atomic E-state index is 1.07. The van der Waals surface area contributed by atoms with Gasteiger partial charge in [-0.2, -0.15) is 0 Å². The first-order valence-electron chi connectivity index (χ1n) is 5.63. The molecule has 0 unspecified atom stereocenters.